The second-order valence-electron chi connectivity index (χ2n) is 4.73. The van der Waals surface area contributed by atoms with Crippen molar-refractivity contribution in [1.82, 2.24) is 4.90 Å². The highest BCUT2D eigenvalue weighted by molar-refractivity contribution is 6.33. The molecule has 1 heterocycles. The molecule has 1 aromatic rings. The van der Waals surface area contributed by atoms with E-state index in [9.17, 15) is 14.3 Å². The number of aliphatic hydroxyl groups is 1. The molecule has 1 amide bonds. The molecule has 0 aliphatic carbocycles. The summed E-state index contributed by atoms with van der Waals surface area (Å²) < 4.78 is 12.9. The van der Waals surface area contributed by atoms with E-state index in [1.165, 1.54) is 12.1 Å². The Morgan fingerprint density at radius 3 is 2.95 bits per heavy atom. The number of aliphatic hydroxyl groups excluding tert-OH is 1. The number of carbonyl (C=O) groups is 1. The van der Waals surface area contributed by atoms with Crippen molar-refractivity contribution >= 4 is 23.2 Å². The molecular formula is C13H16ClFN2O2. The van der Waals surface area contributed by atoms with Crippen LogP contribution in [0.3, 0.4) is 0 Å². The number of nitrogens with zero attached hydrogens (tertiary/aromatic N) is 1. The van der Waals surface area contributed by atoms with E-state index in [0.29, 0.717) is 25.2 Å². The number of amides is 1. The lowest BCUT2D eigenvalue weighted by Crippen LogP contribution is -2.41. The number of nitrogens with one attached hydrogen (secondary N) is 1. The van der Waals surface area contributed by atoms with Crippen LogP contribution in [0.25, 0.3) is 0 Å². The fourth-order valence-electron chi connectivity index (χ4n) is 2.11. The van der Waals surface area contributed by atoms with Crippen LogP contribution in [-0.2, 0) is 4.79 Å². The van der Waals surface area contributed by atoms with Gasteiger partial charge < -0.3 is 10.4 Å². The molecule has 1 saturated heterocycles. The summed E-state index contributed by atoms with van der Waals surface area (Å²) in [5.41, 5.74) is 0.389. The first-order valence-corrected chi connectivity index (χ1v) is 6.53. The Kier molecular flexibility index (Phi) is 4.39. The molecule has 1 aliphatic heterocycles. The van der Waals surface area contributed by atoms with Gasteiger partial charge in [0.1, 0.15) is 5.82 Å². The van der Waals surface area contributed by atoms with Crippen LogP contribution in [0.1, 0.15) is 13.3 Å². The maximum atomic E-state index is 12.9. The van der Waals surface area contributed by atoms with Crippen LogP contribution < -0.4 is 5.32 Å². The molecule has 6 heteroatoms. The molecule has 1 fully saturated rings. The van der Waals surface area contributed by atoms with Crippen molar-refractivity contribution in [2.45, 2.75) is 25.5 Å². The lowest BCUT2D eigenvalue weighted by Gasteiger charge is -2.23. The van der Waals surface area contributed by atoms with Gasteiger partial charge in [0.15, 0.2) is 0 Å². The Morgan fingerprint density at radius 1 is 1.63 bits per heavy atom. The molecule has 1 aliphatic rings. The first-order valence-electron chi connectivity index (χ1n) is 6.15. The van der Waals surface area contributed by atoms with Gasteiger partial charge in [0.2, 0.25) is 5.91 Å². The fraction of sp³-hybridized carbons (Fsp3) is 0.462. The van der Waals surface area contributed by atoms with Gasteiger partial charge in [0.05, 0.1) is 22.9 Å². The Bertz CT molecular complexity index is 484. The number of halogens is 2. The van der Waals surface area contributed by atoms with E-state index in [1.807, 2.05) is 4.90 Å². The summed E-state index contributed by atoms with van der Waals surface area (Å²) in [5, 5.41) is 12.3. The van der Waals surface area contributed by atoms with E-state index in [1.54, 1.807) is 6.92 Å². The molecule has 0 radical (unpaired) electrons. The maximum absolute atomic E-state index is 12.9. The van der Waals surface area contributed by atoms with E-state index in [4.69, 9.17) is 11.6 Å². The maximum Gasteiger partial charge on any atom is 0.241 e. The SMILES string of the molecule is CC(C(=O)Nc1ccc(F)cc1Cl)N1CC[C@H](O)C1. The molecule has 2 rings (SSSR count). The van der Waals surface area contributed by atoms with Gasteiger partial charge in [-0.3, -0.25) is 9.69 Å². The van der Waals surface area contributed by atoms with E-state index >= 15 is 0 Å². The highest BCUT2D eigenvalue weighted by atomic mass is 35.5. The van der Waals surface area contributed by atoms with Crippen molar-refractivity contribution in [3.8, 4) is 0 Å². The zero-order chi connectivity index (χ0) is 14.0. The number of anilines is 1. The quantitative estimate of drug-likeness (QED) is 0.892. The van der Waals surface area contributed by atoms with Crippen molar-refractivity contribution in [1.29, 1.82) is 0 Å². The summed E-state index contributed by atoms with van der Waals surface area (Å²) in [4.78, 5) is 14.0. The van der Waals surface area contributed by atoms with E-state index in [2.05, 4.69) is 5.32 Å². The molecule has 0 spiro atoms. The summed E-state index contributed by atoms with van der Waals surface area (Å²) in [6.45, 7) is 2.95. The molecule has 4 nitrogen and oxygen atoms in total. The summed E-state index contributed by atoms with van der Waals surface area (Å²) in [6.07, 6.45) is 0.305. The van der Waals surface area contributed by atoms with Gasteiger partial charge in [-0.25, -0.2) is 4.39 Å². The Labute approximate surface area is 116 Å². The molecule has 104 valence electrons. The van der Waals surface area contributed by atoms with E-state index < -0.39 is 5.82 Å². The van der Waals surface area contributed by atoms with Crippen LogP contribution in [0.2, 0.25) is 5.02 Å². The highest BCUT2D eigenvalue weighted by Gasteiger charge is 2.28. The molecule has 1 unspecified atom stereocenters. The lowest BCUT2D eigenvalue weighted by atomic mass is 10.2. The molecule has 0 saturated carbocycles. The smallest absolute Gasteiger partial charge is 0.241 e. The van der Waals surface area contributed by atoms with Crippen LogP contribution in [0, 0.1) is 5.82 Å². The summed E-state index contributed by atoms with van der Waals surface area (Å²) in [6, 6.07) is 3.46. The van der Waals surface area contributed by atoms with Gasteiger partial charge in [-0.2, -0.15) is 0 Å². The Balaban J connectivity index is 2.00. The summed E-state index contributed by atoms with van der Waals surface area (Å²) in [5.74, 6) is -0.665. The molecule has 1 aromatic carbocycles. The topological polar surface area (TPSA) is 52.6 Å². The van der Waals surface area contributed by atoms with Gasteiger partial charge in [0.25, 0.3) is 0 Å². The fourth-order valence-corrected chi connectivity index (χ4v) is 2.33. The van der Waals surface area contributed by atoms with Gasteiger partial charge >= 0.3 is 0 Å². The third kappa shape index (κ3) is 3.43. The highest BCUT2D eigenvalue weighted by Crippen LogP contribution is 2.23. The Hall–Kier alpha value is -1.17. The molecular weight excluding hydrogens is 271 g/mol. The van der Waals surface area contributed by atoms with Crippen molar-refractivity contribution in [2.24, 2.45) is 0 Å². The van der Waals surface area contributed by atoms with Crippen LogP contribution in [0.15, 0.2) is 18.2 Å². The number of hydrogen-bond acceptors (Lipinski definition) is 3. The van der Waals surface area contributed by atoms with E-state index in [-0.39, 0.29) is 23.1 Å². The number of rotatable bonds is 3. The monoisotopic (exact) mass is 286 g/mol. The first kappa shape index (κ1) is 14.2. The molecule has 2 N–H and O–H groups in total. The minimum Gasteiger partial charge on any atom is -0.392 e. The van der Waals surface area contributed by atoms with Crippen molar-refractivity contribution in [3.05, 3.63) is 29.0 Å². The second kappa shape index (κ2) is 5.86. The van der Waals surface area contributed by atoms with Gasteiger partial charge in [-0.15, -0.1) is 0 Å². The van der Waals surface area contributed by atoms with E-state index in [0.717, 1.165) is 6.07 Å². The van der Waals surface area contributed by atoms with Crippen LogP contribution in [0.4, 0.5) is 10.1 Å². The largest absolute Gasteiger partial charge is 0.392 e. The van der Waals surface area contributed by atoms with Crippen LogP contribution >= 0.6 is 11.6 Å². The van der Waals surface area contributed by atoms with Crippen molar-refractivity contribution in [2.75, 3.05) is 18.4 Å². The summed E-state index contributed by atoms with van der Waals surface area (Å²) >= 11 is 5.85. The lowest BCUT2D eigenvalue weighted by molar-refractivity contribution is -0.120. The molecule has 0 aromatic heterocycles. The third-order valence-corrected chi connectivity index (χ3v) is 3.62. The standard InChI is InChI=1S/C13H16ClFN2O2/c1-8(17-5-4-10(18)7-17)13(19)16-12-3-2-9(15)6-11(12)14/h2-3,6,8,10,18H,4-5,7H2,1H3,(H,16,19)/t8?,10-/m0/s1. The number of hydrogen-bond donors (Lipinski definition) is 2. The van der Waals surface area contributed by atoms with Crippen LogP contribution in [-0.4, -0.2) is 41.1 Å². The van der Waals surface area contributed by atoms with Crippen molar-refractivity contribution in [3.63, 3.8) is 0 Å². The average Bonchev–Trinajstić information content (AvgIpc) is 2.78. The predicted octanol–water partition coefficient (Wildman–Crippen LogP) is 1.87. The predicted molar refractivity (Wildman–Crippen MR) is 71.7 cm³/mol. The van der Waals surface area contributed by atoms with Gasteiger partial charge in [-0.1, -0.05) is 11.6 Å². The van der Waals surface area contributed by atoms with Crippen LogP contribution in [0.5, 0.6) is 0 Å². The van der Waals surface area contributed by atoms with Gasteiger partial charge in [0, 0.05) is 13.1 Å². The Morgan fingerprint density at radius 2 is 2.37 bits per heavy atom. The average molecular weight is 287 g/mol. The normalized spacial score (nSPS) is 21.4. The summed E-state index contributed by atoms with van der Waals surface area (Å²) in [7, 11) is 0. The molecule has 2 atom stereocenters. The van der Waals surface area contributed by atoms with Crippen molar-refractivity contribution < 1.29 is 14.3 Å². The zero-order valence-corrected chi connectivity index (χ0v) is 11.3. The minimum absolute atomic E-state index is 0.169. The molecule has 0 bridgehead atoms. The molecule has 19 heavy (non-hydrogen) atoms. The zero-order valence-electron chi connectivity index (χ0n) is 10.6. The van der Waals surface area contributed by atoms with Gasteiger partial charge in [-0.05, 0) is 31.5 Å². The number of likely N-dealkylation sites (tertiary alicyclic amines) is 1. The minimum atomic E-state index is -0.446. The third-order valence-electron chi connectivity index (χ3n) is 3.31. The number of benzene rings is 1. The number of carbonyl (C=O) groups excluding carboxylic acids is 1. The second-order valence-corrected chi connectivity index (χ2v) is 5.13. The first-order chi connectivity index (χ1) is 8.97. The number of β-amino-alcohol motifs (C(OH)–C–C–N with tert-alkyl or cyclic N) is 1.